The molecule has 0 amide bonds. The average molecular weight is 332 g/mol. The number of rotatable bonds is 3. The second-order valence-corrected chi connectivity index (χ2v) is 7.48. The summed E-state index contributed by atoms with van der Waals surface area (Å²) in [4.78, 5) is 12.6. The second-order valence-electron chi connectivity index (χ2n) is 5.17. The molecule has 1 aliphatic rings. The second kappa shape index (κ2) is 7.15. The number of thioether (sulfide) groups is 1. The summed E-state index contributed by atoms with van der Waals surface area (Å²) in [5.74, 6) is 2.93. The van der Waals surface area contributed by atoms with E-state index in [0.29, 0.717) is 12.5 Å². The smallest absolute Gasteiger partial charge is 0.191 e. The first-order chi connectivity index (χ1) is 10.7. The summed E-state index contributed by atoms with van der Waals surface area (Å²) in [6, 6.07) is 10.3. The fraction of sp³-hybridized carbons (Fsp3) is 0.375. The first kappa shape index (κ1) is 15.4. The van der Waals surface area contributed by atoms with Crippen molar-refractivity contribution in [2.24, 2.45) is 10.7 Å². The van der Waals surface area contributed by atoms with Gasteiger partial charge in [0.25, 0.3) is 0 Å². The zero-order valence-electron chi connectivity index (χ0n) is 12.7. The van der Waals surface area contributed by atoms with Crippen LogP contribution in [-0.4, -0.2) is 40.4 Å². The Morgan fingerprint density at radius 3 is 2.73 bits per heavy atom. The van der Waals surface area contributed by atoms with Gasteiger partial charge in [0.05, 0.1) is 12.2 Å². The normalized spacial score (nSPS) is 16.0. The Bertz CT molecular complexity index is 645. The lowest BCUT2D eigenvalue weighted by molar-refractivity contribution is 0.456. The lowest BCUT2D eigenvalue weighted by atomic mass is 10.2. The third kappa shape index (κ3) is 3.62. The van der Waals surface area contributed by atoms with Gasteiger partial charge < -0.3 is 10.6 Å². The van der Waals surface area contributed by atoms with E-state index in [2.05, 4.69) is 27.0 Å². The lowest BCUT2D eigenvalue weighted by Crippen LogP contribution is -2.42. The number of nitrogens with zero attached hydrogens (tertiary/aromatic N) is 3. The van der Waals surface area contributed by atoms with E-state index in [4.69, 9.17) is 5.73 Å². The summed E-state index contributed by atoms with van der Waals surface area (Å²) in [6.07, 6.45) is 0. The van der Waals surface area contributed by atoms with E-state index in [1.54, 1.807) is 11.3 Å². The molecule has 1 saturated heterocycles. The van der Waals surface area contributed by atoms with Crippen molar-refractivity contribution in [1.29, 1.82) is 0 Å². The van der Waals surface area contributed by atoms with Crippen LogP contribution >= 0.6 is 23.1 Å². The zero-order valence-corrected chi connectivity index (χ0v) is 14.3. The predicted molar refractivity (Wildman–Crippen MR) is 96.5 cm³/mol. The lowest BCUT2D eigenvalue weighted by Gasteiger charge is -2.27. The van der Waals surface area contributed by atoms with Crippen LogP contribution in [0.25, 0.3) is 10.6 Å². The Balaban J connectivity index is 1.71. The van der Waals surface area contributed by atoms with Gasteiger partial charge in [-0.3, -0.25) is 0 Å². The highest BCUT2D eigenvalue weighted by Crippen LogP contribution is 2.28. The molecule has 2 heterocycles. The van der Waals surface area contributed by atoms with Gasteiger partial charge in [0.2, 0.25) is 0 Å². The fourth-order valence-electron chi connectivity index (χ4n) is 2.32. The topological polar surface area (TPSA) is 54.5 Å². The van der Waals surface area contributed by atoms with E-state index in [1.807, 2.05) is 36.9 Å². The van der Waals surface area contributed by atoms with Gasteiger partial charge in [-0.1, -0.05) is 30.3 Å². The number of benzene rings is 1. The average Bonchev–Trinajstić information content (AvgIpc) is 2.95. The van der Waals surface area contributed by atoms with Gasteiger partial charge >= 0.3 is 0 Å². The van der Waals surface area contributed by atoms with Crippen LogP contribution < -0.4 is 5.73 Å². The highest BCUT2D eigenvalue weighted by Gasteiger charge is 2.13. The molecular formula is C16H20N4S2. The van der Waals surface area contributed by atoms with Crippen LogP contribution in [0.5, 0.6) is 0 Å². The number of nitrogens with two attached hydrogens (primary N) is 1. The minimum Gasteiger partial charge on any atom is -0.370 e. The molecule has 0 aliphatic carbocycles. The molecule has 0 spiro atoms. The van der Waals surface area contributed by atoms with Crippen molar-refractivity contribution >= 4 is 29.1 Å². The maximum atomic E-state index is 6.12. The monoisotopic (exact) mass is 332 g/mol. The molecule has 0 saturated carbocycles. The first-order valence-electron chi connectivity index (χ1n) is 7.38. The fourth-order valence-corrected chi connectivity index (χ4v) is 4.22. The summed E-state index contributed by atoms with van der Waals surface area (Å²) in [5, 5.41) is 1.05. The maximum absolute atomic E-state index is 6.12. The quantitative estimate of drug-likeness (QED) is 0.693. The van der Waals surface area contributed by atoms with Crippen molar-refractivity contribution in [1.82, 2.24) is 9.88 Å². The van der Waals surface area contributed by atoms with Gasteiger partial charge in [-0.2, -0.15) is 11.8 Å². The zero-order chi connectivity index (χ0) is 15.4. The van der Waals surface area contributed by atoms with Crippen molar-refractivity contribution in [3.63, 3.8) is 0 Å². The Labute approximate surface area is 139 Å². The van der Waals surface area contributed by atoms with Crippen molar-refractivity contribution in [3.8, 4) is 10.6 Å². The van der Waals surface area contributed by atoms with E-state index in [1.165, 1.54) is 4.88 Å². The number of guanidine groups is 1. The predicted octanol–water partition coefficient (Wildman–Crippen LogP) is 2.98. The highest BCUT2D eigenvalue weighted by atomic mass is 32.2. The molecule has 3 rings (SSSR count). The molecule has 1 aromatic carbocycles. The summed E-state index contributed by atoms with van der Waals surface area (Å²) in [5.41, 5.74) is 8.32. The van der Waals surface area contributed by atoms with E-state index in [9.17, 15) is 0 Å². The number of aliphatic imine (C=N–C) groups is 1. The van der Waals surface area contributed by atoms with Gasteiger partial charge in [0, 0.05) is 35.0 Å². The van der Waals surface area contributed by atoms with Crippen LogP contribution in [0.3, 0.4) is 0 Å². The van der Waals surface area contributed by atoms with E-state index >= 15 is 0 Å². The molecule has 4 nitrogen and oxygen atoms in total. The van der Waals surface area contributed by atoms with E-state index in [0.717, 1.165) is 40.9 Å². The van der Waals surface area contributed by atoms with Crippen molar-refractivity contribution in [2.75, 3.05) is 24.6 Å². The maximum Gasteiger partial charge on any atom is 0.191 e. The third-order valence-electron chi connectivity index (χ3n) is 3.63. The molecule has 1 aliphatic heterocycles. The number of thiazole rings is 1. The van der Waals surface area contributed by atoms with E-state index < -0.39 is 0 Å². The minimum absolute atomic E-state index is 0.617. The third-order valence-corrected chi connectivity index (χ3v) is 5.77. The molecule has 1 fully saturated rings. The largest absolute Gasteiger partial charge is 0.370 e. The van der Waals surface area contributed by atoms with Crippen molar-refractivity contribution < 1.29 is 0 Å². The SMILES string of the molecule is Cc1nc(-c2ccccc2)sc1CN=C(N)N1CCSCC1. The van der Waals surface area contributed by atoms with E-state index in [-0.39, 0.29) is 0 Å². The molecule has 0 radical (unpaired) electrons. The Morgan fingerprint density at radius 1 is 1.27 bits per heavy atom. The van der Waals surface area contributed by atoms with Crippen LogP contribution in [0, 0.1) is 6.92 Å². The molecule has 0 bridgehead atoms. The Morgan fingerprint density at radius 2 is 2.00 bits per heavy atom. The van der Waals surface area contributed by atoms with Crippen LogP contribution in [0.2, 0.25) is 0 Å². The van der Waals surface area contributed by atoms with Gasteiger partial charge in [-0.15, -0.1) is 11.3 Å². The summed E-state index contributed by atoms with van der Waals surface area (Å²) in [7, 11) is 0. The number of aromatic nitrogens is 1. The molecule has 2 aromatic rings. The standard InChI is InChI=1S/C16H20N4S2/c1-12-14(11-18-16(17)20-7-9-21-10-8-20)22-15(19-12)13-5-3-2-4-6-13/h2-6H,7-11H2,1H3,(H2,17,18). The molecule has 2 N–H and O–H groups in total. The Kier molecular flexibility index (Phi) is 5.00. The molecule has 0 atom stereocenters. The van der Waals surface area contributed by atoms with Crippen LogP contribution in [0.15, 0.2) is 35.3 Å². The summed E-state index contributed by atoms with van der Waals surface area (Å²) in [6.45, 7) is 4.65. The molecule has 0 unspecified atom stereocenters. The van der Waals surface area contributed by atoms with Gasteiger partial charge in [0.1, 0.15) is 5.01 Å². The van der Waals surface area contributed by atoms with Gasteiger partial charge in [-0.25, -0.2) is 9.98 Å². The number of aryl methyl sites for hydroxylation is 1. The van der Waals surface area contributed by atoms with Gasteiger partial charge in [0.15, 0.2) is 5.96 Å². The van der Waals surface area contributed by atoms with Crippen molar-refractivity contribution in [3.05, 3.63) is 40.9 Å². The molecule has 6 heteroatoms. The summed E-state index contributed by atoms with van der Waals surface area (Å²) < 4.78 is 0. The Hall–Kier alpha value is -1.53. The molecule has 22 heavy (non-hydrogen) atoms. The minimum atomic E-state index is 0.617. The number of hydrogen-bond donors (Lipinski definition) is 1. The highest BCUT2D eigenvalue weighted by molar-refractivity contribution is 7.99. The molecule has 1 aromatic heterocycles. The molecular weight excluding hydrogens is 312 g/mol. The van der Waals surface area contributed by atoms with Crippen molar-refractivity contribution in [2.45, 2.75) is 13.5 Å². The molecule has 116 valence electrons. The van der Waals surface area contributed by atoms with Gasteiger partial charge in [-0.05, 0) is 6.92 Å². The van der Waals surface area contributed by atoms with Crippen LogP contribution in [0.1, 0.15) is 10.6 Å². The summed E-state index contributed by atoms with van der Waals surface area (Å²) >= 11 is 3.68. The van der Waals surface area contributed by atoms with Crippen LogP contribution in [-0.2, 0) is 6.54 Å². The number of hydrogen-bond acceptors (Lipinski definition) is 4. The first-order valence-corrected chi connectivity index (χ1v) is 9.35. The van der Waals surface area contributed by atoms with Crippen LogP contribution in [0.4, 0.5) is 0 Å².